The molecule has 26 heavy (non-hydrogen) atoms. The highest BCUT2D eigenvalue weighted by Gasteiger charge is 2.14. The fraction of sp³-hybridized carbons (Fsp3) is 0.100. The largest absolute Gasteiger partial charge is 0.229 e. The van der Waals surface area contributed by atoms with Crippen LogP contribution in [0.1, 0.15) is 11.1 Å². The summed E-state index contributed by atoms with van der Waals surface area (Å²) in [5.41, 5.74) is 4.65. The van der Waals surface area contributed by atoms with Crippen LogP contribution in [0.15, 0.2) is 59.2 Å². The molecular weight excluding hydrogens is 403 g/mol. The van der Waals surface area contributed by atoms with Crippen molar-refractivity contribution in [2.75, 3.05) is 0 Å². The molecule has 0 spiro atoms. The molecule has 0 radical (unpaired) electrons. The maximum Gasteiger partial charge on any atom is 0.128 e. The van der Waals surface area contributed by atoms with E-state index in [1.807, 2.05) is 12.1 Å². The van der Waals surface area contributed by atoms with Gasteiger partial charge in [-0.3, -0.25) is 0 Å². The molecule has 0 unspecified atom stereocenters. The summed E-state index contributed by atoms with van der Waals surface area (Å²) in [6, 6.07) is 14.2. The molecule has 0 aliphatic heterocycles. The molecule has 0 saturated carbocycles. The van der Waals surface area contributed by atoms with Gasteiger partial charge in [-0.25, -0.2) is 9.97 Å². The van der Waals surface area contributed by atoms with Crippen LogP contribution in [0.2, 0.25) is 10.0 Å². The van der Waals surface area contributed by atoms with Gasteiger partial charge in [-0.1, -0.05) is 59.1 Å². The van der Waals surface area contributed by atoms with Gasteiger partial charge in [-0.05, 0) is 30.2 Å². The minimum Gasteiger partial charge on any atom is -0.229 e. The van der Waals surface area contributed by atoms with E-state index in [-0.39, 0.29) is 0 Å². The Morgan fingerprint density at radius 1 is 1.04 bits per heavy atom. The smallest absolute Gasteiger partial charge is 0.128 e. The van der Waals surface area contributed by atoms with Crippen LogP contribution < -0.4 is 0 Å². The Bertz CT molecular complexity index is 1080. The average molecular weight is 417 g/mol. The molecule has 0 aliphatic rings. The number of aromatic nitrogens is 2. The van der Waals surface area contributed by atoms with Crippen LogP contribution in [0.3, 0.4) is 0 Å². The van der Waals surface area contributed by atoms with Crippen molar-refractivity contribution in [3.8, 4) is 11.1 Å². The Labute approximate surface area is 170 Å². The minimum atomic E-state index is 0.646. The first-order chi connectivity index (χ1) is 12.6. The van der Waals surface area contributed by atoms with Crippen molar-refractivity contribution in [2.24, 2.45) is 0 Å². The zero-order chi connectivity index (χ0) is 18.1. The van der Waals surface area contributed by atoms with Crippen LogP contribution in [-0.4, -0.2) is 9.97 Å². The molecule has 0 N–H and O–H groups in total. The van der Waals surface area contributed by atoms with Gasteiger partial charge in [-0.2, -0.15) is 0 Å². The molecule has 0 aliphatic carbocycles. The van der Waals surface area contributed by atoms with Crippen LogP contribution in [0.4, 0.5) is 0 Å². The lowest BCUT2D eigenvalue weighted by Crippen LogP contribution is -1.88. The third-order valence-electron chi connectivity index (χ3n) is 4.08. The summed E-state index contributed by atoms with van der Waals surface area (Å²) >= 11 is 15.6. The normalized spacial score (nSPS) is 11.2. The molecule has 2 heterocycles. The van der Waals surface area contributed by atoms with Gasteiger partial charge in [0.25, 0.3) is 0 Å². The number of benzene rings is 2. The fourth-order valence-electron chi connectivity index (χ4n) is 2.69. The average Bonchev–Trinajstić information content (AvgIpc) is 3.06. The summed E-state index contributed by atoms with van der Waals surface area (Å²) < 4.78 is 0. The molecule has 2 nitrogen and oxygen atoms in total. The monoisotopic (exact) mass is 416 g/mol. The Balaban J connectivity index is 1.71. The lowest BCUT2D eigenvalue weighted by molar-refractivity contribution is 1.11. The van der Waals surface area contributed by atoms with E-state index in [0.29, 0.717) is 10.0 Å². The predicted octanol–water partition coefficient (Wildman–Crippen LogP) is 7.27. The molecule has 4 aromatic rings. The maximum absolute atomic E-state index is 6.31. The number of halogens is 2. The van der Waals surface area contributed by atoms with Crippen molar-refractivity contribution in [3.63, 3.8) is 0 Å². The molecule has 0 atom stereocenters. The first-order valence-corrected chi connectivity index (χ1v) is 10.6. The molecule has 0 saturated heterocycles. The Hall–Kier alpha value is -1.59. The summed E-state index contributed by atoms with van der Waals surface area (Å²) in [4.78, 5) is 9.98. The summed E-state index contributed by atoms with van der Waals surface area (Å²) in [6.07, 6.45) is 1.63. The Morgan fingerprint density at radius 3 is 2.62 bits per heavy atom. The van der Waals surface area contributed by atoms with E-state index < -0.39 is 0 Å². The van der Waals surface area contributed by atoms with E-state index in [9.17, 15) is 0 Å². The predicted molar refractivity (Wildman–Crippen MR) is 114 cm³/mol. The molecule has 130 valence electrons. The quantitative estimate of drug-likeness (QED) is 0.258. The second kappa shape index (κ2) is 7.57. The molecule has 0 amide bonds. The van der Waals surface area contributed by atoms with E-state index in [1.54, 1.807) is 35.5 Å². The third-order valence-corrected chi connectivity index (χ3v) is 6.59. The van der Waals surface area contributed by atoms with Crippen LogP contribution in [0.5, 0.6) is 0 Å². The standard InChI is InChI=1S/C20H14Cl2N2S2/c1-12-2-4-13(5-3-12)16-10-26-20-18(16)19(23-11-24-20)25-9-14-6-7-15(21)8-17(14)22/h2-8,10-11H,9H2,1H3. The minimum absolute atomic E-state index is 0.646. The number of thioether (sulfide) groups is 1. The summed E-state index contributed by atoms with van der Waals surface area (Å²) in [5.74, 6) is 0.727. The number of rotatable bonds is 4. The number of nitrogens with zero attached hydrogens (tertiary/aromatic N) is 2. The zero-order valence-corrected chi connectivity index (χ0v) is 17.0. The van der Waals surface area contributed by atoms with Crippen LogP contribution >= 0.6 is 46.3 Å². The van der Waals surface area contributed by atoms with E-state index in [2.05, 4.69) is 46.5 Å². The second-order valence-electron chi connectivity index (χ2n) is 5.90. The van der Waals surface area contributed by atoms with E-state index >= 15 is 0 Å². The number of hydrogen-bond acceptors (Lipinski definition) is 4. The van der Waals surface area contributed by atoms with Gasteiger partial charge < -0.3 is 0 Å². The van der Waals surface area contributed by atoms with Crippen molar-refractivity contribution in [3.05, 3.63) is 75.3 Å². The molecule has 2 aromatic carbocycles. The highest BCUT2D eigenvalue weighted by Crippen LogP contribution is 2.39. The van der Waals surface area contributed by atoms with Gasteiger partial charge in [0, 0.05) is 26.7 Å². The van der Waals surface area contributed by atoms with Crippen LogP contribution in [0.25, 0.3) is 21.3 Å². The SMILES string of the molecule is Cc1ccc(-c2csc3ncnc(SCc4ccc(Cl)cc4Cl)c23)cc1. The Morgan fingerprint density at radius 2 is 1.85 bits per heavy atom. The van der Waals surface area contributed by atoms with Gasteiger partial charge >= 0.3 is 0 Å². The topological polar surface area (TPSA) is 25.8 Å². The molecule has 2 aromatic heterocycles. The first kappa shape index (κ1) is 17.8. The van der Waals surface area contributed by atoms with Gasteiger partial charge in [0.1, 0.15) is 16.2 Å². The van der Waals surface area contributed by atoms with Crippen molar-refractivity contribution >= 4 is 56.5 Å². The van der Waals surface area contributed by atoms with Gasteiger partial charge in [0.2, 0.25) is 0 Å². The highest BCUT2D eigenvalue weighted by molar-refractivity contribution is 7.98. The third kappa shape index (κ3) is 3.60. The maximum atomic E-state index is 6.31. The Kier molecular flexibility index (Phi) is 5.18. The second-order valence-corrected chi connectivity index (χ2v) is 8.56. The van der Waals surface area contributed by atoms with Gasteiger partial charge in [0.05, 0.1) is 5.39 Å². The van der Waals surface area contributed by atoms with Crippen LogP contribution in [-0.2, 0) is 5.75 Å². The molecule has 4 rings (SSSR count). The number of fused-ring (bicyclic) bond motifs is 1. The van der Waals surface area contributed by atoms with E-state index in [0.717, 1.165) is 26.6 Å². The molecular formula is C20H14Cl2N2S2. The molecule has 0 bridgehead atoms. The van der Waals surface area contributed by atoms with Crippen molar-refractivity contribution in [1.29, 1.82) is 0 Å². The summed E-state index contributed by atoms with van der Waals surface area (Å²) in [6.45, 7) is 2.09. The van der Waals surface area contributed by atoms with Crippen molar-refractivity contribution in [1.82, 2.24) is 9.97 Å². The van der Waals surface area contributed by atoms with E-state index in [1.165, 1.54) is 16.7 Å². The summed E-state index contributed by atoms with van der Waals surface area (Å²) in [5, 5.41) is 5.56. The van der Waals surface area contributed by atoms with Crippen molar-refractivity contribution < 1.29 is 0 Å². The first-order valence-electron chi connectivity index (χ1n) is 7.98. The number of thiophene rings is 1. The fourth-order valence-corrected chi connectivity index (χ4v) is 5.24. The summed E-state index contributed by atoms with van der Waals surface area (Å²) in [7, 11) is 0. The highest BCUT2D eigenvalue weighted by atomic mass is 35.5. The van der Waals surface area contributed by atoms with E-state index in [4.69, 9.17) is 23.2 Å². The molecule has 6 heteroatoms. The molecule has 0 fully saturated rings. The van der Waals surface area contributed by atoms with Gasteiger partial charge in [-0.15, -0.1) is 23.1 Å². The lowest BCUT2D eigenvalue weighted by atomic mass is 10.1. The zero-order valence-electron chi connectivity index (χ0n) is 13.9. The van der Waals surface area contributed by atoms with Gasteiger partial charge in [0.15, 0.2) is 0 Å². The lowest BCUT2D eigenvalue weighted by Gasteiger charge is -2.07. The number of aryl methyl sites for hydroxylation is 1. The number of hydrogen-bond donors (Lipinski definition) is 0. The van der Waals surface area contributed by atoms with Crippen molar-refractivity contribution in [2.45, 2.75) is 17.7 Å². The van der Waals surface area contributed by atoms with Crippen LogP contribution in [0, 0.1) is 6.92 Å².